The average Bonchev–Trinajstić information content (AvgIpc) is 2.03. The van der Waals surface area contributed by atoms with Crippen LogP contribution in [0.1, 0.15) is 47.0 Å². The molecule has 0 unspecified atom stereocenters. The lowest BCUT2D eigenvalue weighted by molar-refractivity contribution is -0.0943. The van der Waals surface area contributed by atoms with E-state index in [0.717, 1.165) is 5.92 Å². The topological polar surface area (TPSA) is 3.24 Å². The van der Waals surface area contributed by atoms with Gasteiger partial charge in [-0.25, -0.2) is 0 Å². The van der Waals surface area contributed by atoms with E-state index in [1.165, 1.54) is 25.8 Å². The Kier molecular flexibility index (Phi) is 3.90. The van der Waals surface area contributed by atoms with E-state index in [-0.39, 0.29) is 0 Å². The van der Waals surface area contributed by atoms with Crippen LogP contribution in [-0.2, 0) is 0 Å². The van der Waals surface area contributed by atoms with Crippen molar-refractivity contribution in [3.63, 3.8) is 0 Å². The van der Waals surface area contributed by atoms with Gasteiger partial charge < -0.3 is 0 Å². The average molecular weight is 309 g/mol. The molecule has 3 heterocycles. The molecule has 3 aliphatic rings. The molecule has 1 nitrogen and oxygen atoms in total. The highest BCUT2D eigenvalue weighted by atomic mass is 127. The van der Waals surface area contributed by atoms with Crippen molar-refractivity contribution in [2.75, 3.05) is 11.5 Å². The molecule has 3 rings (SSSR count). The summed E-state index contributed by atoms with van der Waals surface area (Å²) in [6.45, 7) is 10.9. The van der Waals surface area contributed by atoms with E-state index in [1.807, 2.05) is 4.93 Å². The third kappa shape index (κ3) is 2.26. The van der Waals surface area contributed by atoms with Crippen LogP contribution >= 0.6 is 22.6 Å². The third-order valence-corrected chi connectivity index (χ3v) is 3.80. The maximum atomic E-state index is 2.71. The number of rotatable bonds is 0. The van der Waals surface area contributed by atoms with Gasteiger partial charge in [0.15, 0.2) is 0 Å². The Hall–Kier alpha value is 0.690. The summed E-state index contributed by atoms with van der Waals surface area (Å²) in [5.74, 6) is 1.000. The Morgan fingerprint density at radius 1 is 1.00 bits per heavy atom. The summed E-state index contributed by atoms with van der Waals surface area (Å²) in [4.78, 5) is 4.68. The minimum absolute atomic E-state index is 0.463. The van der Waals surface area contributed by atoms with Crippen molar-refractivity contribution >= 4 is 22.6 Å². The van der Waals surface area contributed by atoms with E-state index in [4.69, 9.17) is 0 Å². The predicted octanol–water partition coefficient (Wildman–Crippen LogP) is 3.71. The smallest absolute Gasteiger partial charge is 0.0161 e. The lowest BCUT2D eigenvalue weighted by Crippen LogP contribution is -2.64. The molecule has 84 valence electrons. The molecule has 0 radical (unpaired) electrons. The van der Waals surface area contributed by atoms with Gasteiger partial charge in [0.25, 0.3) is 0 Å². The number of hydrogen-bond acceptors (Lipinski definition) is 1. The number of alkyl halides is 1. The molecule has 0 aromatic heterocycles. The maximum Gasteiger partial charge on any atom is 0.0161 e. The number of piperidine rings is 3. The fourth-order valence-electron chi connectivity index (χ4n) is 3.65. The Balaban J connectivity index is 0.000000461. The summed E-state index contributed by atoms with van der Waals surface area (Å²) in [7, 11) is 0. The van der Waals surface area contributed by atoms with Crippen LogP contribution in [0.2, 0.25) is 0 Å². The molecular formula is C12H24IN. The fourth-order valence-corrected chi connectivity index (χ4v) is 3.65. The summed E-state index contributed by atoms with van der Waals surface area (Å²) in [5.41, 5.74) is 0.926. The summed E-state index contributed by atoms with van der Waals surface area (Å²) < 4.78 is 0. The van der Waals surface area contributed by atoms with Gasteiger partial charge in [0, 0.05) is 11.1 Å². The predicted molar refractivity (Wildman–Crippen MR) is 72.1 cm³/mol. The normalized spacial score (nSPS) is 37.3. The van der Waals surface area contributed by atoms with Gasteiger partial charge in [-0.1, -0.05) is 22.6 Å². The second-order valence-electron chi connectivity index (χ2n) is 5.84. The Morgan fingerprint density at radius 2 is 1.43 bits per heavy atom. The summed E-state index contributed by atoms with van der Waals surface area (Å²) in [5, 5.41) is 0. The van der Waals surface area contributed by atoms with Gasteiger partial charge in [0.2, 0.25) is 0 Å². The quantitative estimate of drug-likeness (QED) is 0.487. The minimum atomic E-state index is 0.463. The summed E-state index contributed by atoms with van der Waals surface area (Å²) in [6.07, 6.45) is 4.26. The Morgan fingerprint density at radius 3 is 1.64 bits per heavy atom. The van der Waals surface area contributed by atoms with E-state index in [9.17, 15) is 0 Å². The second-order valence-corrected chi connectivity index (χ2v) is 5.84. The Labute approximate surface area is 103 Å². The molecule has 0 N–H and O–H groups in total. The van der Waals surface area contributed by atoms with Crippen LogP contribution in [0, 0.1) is 5.92 Å². The maximum absolute atomic E-state index is 2.71. The molecule has 0 aliphatic carbocycles. The van der Waals surface area contributed by atoms with Gasteiger partial charge in [-0.05, 0) is 64.4 Å². The van der Waals surface area contributed by atoms with Crippen molar-refractivity contribution in [1.29, 1.82) is 0 Å². The van der Waals surface area contributed by atoms with E-state index in [2.05, 4.69) is 55.2 Å². The molecule has 0 atom stereocenters. The Bertz CT molecular complexity index is 180. The minimum Gasteiger partial charge on any atom is -0.293 e. The number of halogens is 1. The molecule has 3 saturated heterocycles. The number of hydrogen-bond donors (Lipinski definition) is 0. The molecule has 0 saturated carbocycles. The van der Waals surface area contributed by atoms with Gasteiger partial charge in [-0.2, -0.15) is 0 Å². The summed E-state index contributed by atoms with van der Waals surface area (Å²) >= 11 is 2.15. The zero-order chi connectivity index (χ0) is 11.0. The van der Waals surface area contributed by atoms with Gasteiger partial charge in [-0.3, -0.25) is 4.90 Å². The lowest BCUT2D eigenvalue weighted by Gasteiger charge is -2.60. The van der Waals surface area contributed by atoms with Gasteiger partial charge in [0.05, 0.1) is 0 Å². The fraction of sp³-hybridized carbons (Fsp3) is 1.00. The SMILES string of the molecule is CC1(C)CC2CCN1C(C)(C)C2.CI. The van der Waals surface area contributed by atoms with Crippen molar-refractivity contribution < 1.29 is 0 Å². The zero-order valence-corrected chi connectivity index (χ0v) is 12.4. The van der Waals surface area contributed by atoms with Crippen molar-refractivity contribution in [1.82, 2.24) is 4.90 Å². The van der Waals surface area contributed by atoms with Crippen LogP contribution < -0.4 is 0 Å². The molecule has 3 fully saturated rings. The van der Waals surface area contributed by atoms with Crippen LogP contribution in [0.3, 0.4) is 0 Å². The van der Waals surface area contributed by atoms with Crippen LogP contribution in [0.5, 0.6) is 0 Å². The van der Waals surface area contributed by atoms with Crippen molar-refractivity contribution in [2.24, 2.45) is 5.92 Å². The zero-order valence-electron chi connectivity index (χ0n) is 10.2. The standard InChI is InChI=1S/C11H21N.CH3I/c1-10(2)7-9-5-6-12(10)11(3,4)8-9;1-2/h9H,5-8H2,1-4H3;1H3. The molecular weight excluding hydrogens is 285 g/mol. The van der Waals surface area contributed by atoms with E-state index >= 15 is 0 Å². The van der Waals surface area contributed by atoms with Gasteiger partial charge >= 0.3 is 0 Å². The van der Waals surface area contributed by atoms with Crippen LogP contribution in [-0.4, -0.2) is 27.5 Å². The van der Waals surface area contributed by atoms with E-state index in [0.29, 0.717) is 11.1 Å². The van der Waals surface area contributed by atoms with E-state index < -0.39 is 0 Å². The first-order chi connectivity index (χ1) is 6.42. The molecule has 14 heavy (non-hydrogen) atoms. The molecule has 2 bridgehead atoms. The highest BCUT2D eigenvalue weighted by molar-refractivity contribution is 14.1. The highest BCUT2D eigenvalue weighted by Gasteiger charge is 2.48. The first-order valence-electron chi connectivity index (χ1n) is 5.57. The molecule has 0 spiro atoms. The van der Waals surface area contributed by atoms with Crippen molar-refractivity contribution in [3.05, 3.63) is 0 Å². The highest BCUT2D eigenvalue weighted by Crippen LogP contribution is 2.46. The summed E-state index contributed by atoms with van der Waals surface area (Å²) in [6, 6.07) is 0. The van der Waals surface area contributed by atoms with Crippen LogP contribution in [0.4, 0.5) is 0 Å². The number of nitrogens with zero attached hydrogens (tertiary/aromatic N) is 1. The van der Waals surface area contributed by atoms with Gasteiger partial charge in [0.1, 0.15) is 0 Å². The third-order valence-electron chi connectivity index (χ3n) is 3.80. The first kappa shape index (κ1) is 12.8. The van der Waals surface area contributed by atoms with Crippen LogP contribution in [0.15, 0.2) is 0 Å². The van der Waals surface area contributed by atoms with Crippen LogP contribution in [0.25, 0.3) is 0 Å². The molecule has 0 aromatic carbocycles. The molecule has 0 amide bonds. The molecule has 2 heteroatoms. The first-order valence-corrected chi connectivity index (χ1v) is 7.73. The van der Waals surface area contributed by atoms with E-state index in [1.54, 1.807) is 0 Å². The largest absolute Gasteiger partial charge is 0.293 e. The monoisotopic (exact) mass is 309 g/mol. The molecule has 3 aliphatic heterocycles. The molecule has 0 aromatic rings. The lowest BCUT2D eigenvalue weighted by atomic mass is 9.68. The van der Waals surface area contributed by atoms with Crippen molar-refractivity contribution in [3.8, 4) is 0 Å². The van der Waals surface area contributed by atoms with Gasteiger partial charge in [-0.15, -0.1) is 0 Å². The van der Waals surface area contributed by atoms with Crippen molar-refractivity contribution in [2.45, 2.75) is 58.0 Å². The number of fused-ring (bicyclic) bond motifs is 3. The second kappa shape index (κ2) is 4.28.